The van der Waals surface area contributed by atoms with Crippen LogP contribution >= 0.6 is 0 Å². The number of carbonyl (C=O) groups excluding carboxylic acids is 1. The van der Waals surface area contributed by atoms with Crippen molar-refractivity contribution in [2.75, 3.05) is 19.6 Å². The second-order valence-electron chi connectivity index (χ2n) is 12.0. The molecule has 0 saturated carbocycles. The molecule has 0 heterocycles. The van der Waals surface area contributed by atoms with Crippen molar-refractivity contribution in [3.8, 4) is 0 Å². The van der Waals surface area contributed by atoms with Gasteiger partial charge in [-0.25, -0.2) is 0 Å². The third-order valence-corrected chi connectivity index (χ3v) is 7.74. The summed E-state index contributed by atoms with van der Waals surface area (Å²) in [6, 6.07) is 0. The Bertz CT molecular complexity index is 563. The van der Waals surface area contributed by atoms with Crippen molar-refractivity contribution in [3.63, 3.8) is 0 Å². The first-order valence-corrected chi connectivity index (χ1v) is 17.5. The predicted octanol–water partition coefficient (Wildman–Crippen LogP) is 10.2. The van der Waals surface area contributed by atoms with Gasteiger partial charge in [0.25, 0.3) is 0 Å². The zero-order valence-corrected chi connectivity index (χ0v) is 27.6. The fourth-order valence-electron chi connectivity index (χ4n) is 5.02. The van der Waals surface area contributed by atoms with E-state index in [1.54, 1.807) is 6.92 Å². The summed E-state index contributed by atoms with van der Waals surface area (Å²) in [7, 11) is 0. The number of unbranched alkanes of at least 4 members (excludes halogenated alkanes) is 21. The normalized spacial score (nSPS) is 10.9. The first-order chi connectivity index (χ1) is 19.8. The lowest BCUT2D eigenvalue weighted by Gasteiger charge is -2.20. The van der Waals surface area contributed by atoms with E-state index in [9.17, 15) is 14.4 Å². The molecular weight excluding hydrogens is 514 g/mol. The van der Waals surface area contributed by atoms with Crippen molar-refractivity contribution in [2.45, 2.75) is 188 Å². The van der Waals surface area contributed by atoms with Crippen LogP contribution in [-0.2, 0) is 14.4 Å². The van der Waals surface area contributed by atoms with E-state index >= 15 is 0 Å². The Kier molecular flexibility index (Phi) is 35.4. The Balaban J connectivity index is 0. The minimum absolute atomic E-state index is 0.162. The van der Waals surface area contributed by atoms with Gasteiger partial charge in [-0.2, -0.15) is 0 Å². The maximum Gasteiger partial charge on any atom is 0.304 e. The molecule has 0 saturated heterocycles. The van der Waals surface area contributed by atoms with Crippen molar-refractivity contribution in [2.24, 2.45) is 0 Å². The topological polar surface area (TPSA) is 94.9 Å². The lowest BCUT2D eigenvalue weighted by Crippen LogP contribution is -2.29. The van der Waals surface area contributed by atoms with Crippen LogP contribution in [0.1, 0.15) is 188 Å². The van der Waals surface area contributed by atoms with E-state index in [4.69, 9.17) is 10.2 Å². The molecule has 6 heteroatoms. The van der Waals surface area contributed by atoms with Crippen LogP contribution in [0.25, 0.3) is 0 Å². The molecule has 6 nitrogen and oxygen atoms in total. The summed E-state index contributed by atoms with van der Waals surface area (Å²) >= 11 is 0. The third kappa shape index (κ3) is 40.8. The summed E-state index contributed by atoms with van der Waals surface area (Å²) in [4.78, 5) is 34.2. The van der Waals surface area contributed by atoms with E-state index < -0.39 is 11.9 Å². The number of ketones is 1. The lowest BCUT2D eigenvalue weighted by molar-refractivity contribution is -0.138. The number of carboxylic acids is 2. The Labute approximate surface area is 254 Å². The summed E-state index contributed by atoms with van der Waals surface area (Å²) in [6.45, 7) is 8.26. The maximum atomic E-state index is 11.1. The highest BCUT2D eigenvalue weighted by atomic mass is 16.4. The summed E-state index contributed by atoms with van der Waals surface area (Å²) in [5.74, 6) is -1.24. The highest BCUT2D eigenvalue weighted by Gasteiger charge is 2.08. The molecule has 244 valence electrons. The molecular formula is C35H69NO5. The van der Waals surface area contributed by atoms with Crippen LogP contribution in [0.4, 0.5) is 0 Å². The quantitative estimate of drug-likeness (QED) is 0.0788. The minimum Gasteiger partial charge on any atom is -0.481 e. The van der Waals surface area contributed by atoms with Crippen LogP contribution in [-0.4, -0.2) is 52.5 Å². The lowest BCUT2D eigenvalue weighted by atomic mass is 10.0. The molecule has 0 amide bonds. The van der Waals surface area contributed by atoms with Crippen molar-refractivity contribution in [1.29, 1.82) is 0 Å². The smallest absolute Gasteiger partial charge is 0.304 e. The van der Waals surface area contributed by atoms with Gasteiger partial charge in [0.1, 0.15) is 5.78 Å². The van der Waals surface area contributed by atoms with E-state index in [0.29, 0.717) is 25.9 Å². The van der Waals surface area contributed by atoms with Gasteiger partial charge in [0.15, 0.2) is 0 Å². The molecule has 0 aromatic carbocycles. The second kappa shape index (κ2) is 34.8. The molecule has 0 aliphatic carbocycles. The molecule has 0 unspecified atom stereocenters. The maximum absolute atomic E-state index is 11.1. The van der Waals surface area contributed by atoms with Gasteiger partial charge in [-0.15, -0.1) is 0 Å². The molecule has 0 aliphatic heterocycles. The number of carbonyl (C=O) groups is 3. The number of hydrogen-bond donors (Lipinski definition) is 2. The Morgan fingerprint density at radius 3 is 1.07 bits per heavy atom. The number of nitrogens with zero attached hydrogens (tertiary/aromatic N) is 1. The van der Waals surface area contributed by atoms with Crippen LogP contribution in [0, 0.1) is 0 Å². The number of aliphatic carboxylic acids is 2. The monoisotopic (exact) mass is 584 g/mol. The fraction of sp³-hybridized carbons (Fsp3) is 0.914. The molecule has 0 radical (unpaired) electrons. The Morgan fingerprint density at radius 2 is 0.732 bits per heavy atom. The second-order valence-corrected chi connectivity index (χ2v) is 12.0. The number of Topliss-reactive ketones (excluding diaryl/α,β-unsaturated/α-hetero) is 1. The van der Waals surface area contributed by atoms with Gasteiger partial charge in [-0.05, 0) is 26.3 Å². The summed E-state index contributed by atoms with van der Waals surface area (Å²) < 4.78 is 0. The fourth-order valence-corrected chi connectivity index (χ4v) is 5.02. The van der Waals surface area contributed by atoms with Crippen LogP contribution in [0.2, 0.25) is 0 Å². The van der Waals surface area contributed by atoms with E-state index in [1.807, 2.05) is 0 Å². The highest BCUT2D eigenvalue weighted by molar-refractivity contribution is 5.75. The summed E-state index contributed by atoms with van der Waals surface area (Å²) in [5, 5.41) is 17.3. The van der Waals surface area contributed by atoms with Crippen molar-refractivity contribution in [3.05, 3.63) is 0 Å². The van der Waals surface area contributed by atoms with Gasteiger partial charge >= 0.3 is 11.9 Å². The first-order valence-electron chi connectivity index (χ1n) is 17.5. The number of rotatable bonds is 31. The van der Waals surface area contributed by atoms with Gasteiger partial charge in [0.05, 0.1) is 6.42 Å². The van der Waals surface area contributed by atoms with Gasteiger partial charge in [0.2, 0.25) is 0 Å². The SMILES string of the molecule is CCCCCCCCCCCCCCCC(=O)O.CCCCCCCCCCCCN(CCC(C)=O)CCC(=O)O. The van der Waals surface area contributed by atoms with Crippen molar-refractivity contribution in [1.82, 2.24) is 4.90 Å². The third-order valence-electron chi connectivity index (χ3n) is 7.74. The standard InChI is InChI=1S/C19H37NO3.C16H32O2/c1-3-4-5-6-7-8-9-10-11-12-15-20(16-13-18(2)21)17-14-19(22)23;1-2-3-4-5-6-7-8-9-10-11-12-13-14-15-16(17)18/h3-17H2,1-2H3,(H,22,23);2-15H2,1H3,(H,17,18). The van der Waals surface area contributed by atoms with Gasteiger partial charge in [0, 0.05) is 25.9 Å². The number of carboxylic acid groups (broad SMARTS) is 2. The van der Waals surface area contributed by atoms with Gasteiger partial charge in [-0.3, -0.25) is 14.4 Å². The number of hydrogen-bond acceptors (Lipinski definition) is 4. The molecule has 2 N–H and O–H groups in total. The molecule has 0 fully saturated rings. The highest BCUT2D eigenvalue weighted by Crippen LogP contribution is 2.13. The molecule has 0 bridgehead atoms. The molecule has 0 aromatic rings. The molecule has 0 atom stereocenters. The van der Waals surface area contributed by atoms with Crippen LogP contribution in [0.3, 0.4) is 0 Å². The van der Waals surface area contributed by atoms with Gasteiger partial charge < -0.3 is 15.1 Å². The molecule has 0 rings (SSSR count). The first kappa shape index (κ1) is 41.7. The van der Waals surface area contributed by atoms with E-state index in [-0.39, 0.29) is 12.2 Å². The van der Waals surface area contributed by atoms with E-state index in [0.717, 1.165) is 25.8 Å². The average molecular weight is 584 g/mol. The Hall–Kier alpha value is -1.43. The molecule has 0 aromatic heterocycles. The molecule has 41 heavy (non-hydrogen) atoms. The minimum atomic E-state index is -0.763. The van der Waals surface area contributed by atoms with Crippen molar-refractivity contribution >= 4 is 17.7 Å². The van der Waals surface area contributed by atoms with E-state index in [2.05, 4.69) is 18.7 Å². The summed E-state index contributed by atoms with van der Waals surface area (Å²) in [5.41, 5.74) is 0. The largest absolute Gasteiger partial charge is 0.481 e. The zero-order valence-electron chi connectivity index (χ0n) is 27.6. The predicted molar refractivity (Wildman–Crippen MR) is 174 cm³/mol. The molecule has 0 aliphatic rings. The van der Waals surface area contributed by atoms with Crippen LogP contribution in [0.5, 0.6) is 0 Å². The van der Waals surface area contributed by atoms with Crippen LogP contribution < -0.4 is 0 Å². The average Bonchev–Trinajstić information content (AvgIpc) is 2.93. The zero-order chi connectivity index (χ0) is 30.8. The van der Waals surface area contributed by atoms with Crippen LogP contribution in [0.15, 0.2) is 0 Å². The Morgan fingerprint density at radius 1 is 0.415 bits per heavy atom. The van der Waals surface area contributed by atoms with Gasteiger partial charge in [-0.1, -0.05) is 149 Å². The summed E-state index contributed by atoms with van der Waals surface area (Å²) in [6.07, 6.45) is 31.0. The van der Waals surface area contributed by atoms with Crippen molar-refractivity contribution < 1.29 is 24.6 Å². The van der Waals surface area contributed by atoms with E-state index in [1.165, 1.54) is 128 Å². The molecule has 0 spiro atoms.